The van der Waals surface area contributed by atoms with Crippen LogP contribution in [0.15, 0.2) is 65.1 Å². The van der Waals surface area contributed by atoms with Crippen molar-refractivity contribution in [2.45, 2.75) is 0 Å². The van der Waals surface area contributed by atoms with Gasteiger partial charge >= 0.3 is 0 Å². The summed E-state index contributed by atoms with van der Waals surface area (Å²) in [6.45, 7) is 0. The Labute approximate surface area is 154 Å². The van der Waals surface area contributed by atoms with Crippen molar-refractivity contribution < 1.29 is 5.11 Å². The number of nitriles is 1. The minimum atomic E-state index is -0.165. The third-order valence-corrected chi connectivity index (χ3v) is 4.15. The number of hydrogen-bond acceptors (Lipinski definition) is 5. The lowest BCUT2D eigenvalue weighted by molar-refractivity contribution is 0.417. The van der Waals surface area contributed by atoms with Crippen molar-refractivity contribution in [2.75, 3.05) is 0 Å². The smallest absolute Gasteiger partial charge is 0.155 e. The van der Waals surface area contributed by atoms with Crippen LogP contribution in [0.25, 0.3) is 11.1 Å². The van der Waals surface area contributed by atoms with Crippen LogP contribution in [-0.4, -0.2) is 10.9 Å². The molecule has 2 aromatic rings. The lowest BCUT2D eigenvalue weighted by Crippen LogP contribution is -2.27. The van der Waals surface area contributed by atoms with Crippen molar-refractivity contribution in [3.63, 3.8) is 0 Å². The minimum absolute atomic E-state index is 0.108. The molecule has 25 heavy (non-hydrogen) atoms. The van der Waals surface area contributed by atoms with Gasteiger partial charge in [0.2, 0.25) is 0 Å². The first kappa shape index (κ1) is 16.9. The Balaban J connectivity index is 2.18. The van der Waals surface area contributed by atoms with E-state index in [-0.39, 0.29) is 22.9 Å². The van der Waals surface area contributed by atoms with Gasteiger partial charge in [0.1, 0.15) is 11.8 Å². The van der Waals surface area contributed by atoms with Gasteiger partial charge in [-0.2, -0.15) is 10.4 Å². The van der Waals surface area contributed by atoms with Crippen LogP contribution in [0, 0.1) is 11.3 Å². The number of allylic oxidation sites excluding steroid dienone is 1. The molecule has 7 heteroatoms. The molecule has 0 aliphatic carbocycles. The molecule has 124 valence electrons. The predicted molar refractivity (Wildman–Crippen MR) is 99.7 cm³/mol. The molecule has 5 nitrogen and oxygen atoms in total. The van der Waals surface area contributed by atoms with E-state index < -0.39 is 0 Å². The number of hydrogen-bond donors (Lipinski definition) is 3. The summed E-state index contributed by atoms with van der Waals surface area (Å²) in [5, 5.41) is 25.4. The van der Waals surface area contributed by atoms with E-state index in [1.54, 1.807) is 48.5 Å². The number of aliphatic hydroxyl groups is 1. The lowest BCUT2D eigenvalue weighted by Gasteiger charge is -2.20. The molecule has 0 unspecified atom stereocenters. The Morgan fingerprint density at radius 1 is 1.04 bits per heavy atom. The van der Waals surface area contributed by atoms with Crippen LogP contribution in [0.1, 0.15) is 11.1 Å². The highest BCUT2D eigenvalue weighted by Gasteiger charge is 2.24. The maximum absolute atomic E-state index is 10.7. The molecule has 0 radical (unpaired) electrons. The molecule has 0 atom stereocenters. The first-order valence-corrected chi connectivity index (χ1v) is 7.96. The lowest BCUT2D eigenvalue weighted by atomic mass is 9.97. The molecule has 1 aliphatic heterocycles. The van der Waals surface area contributed by atoms with Crippen molar-refractivity contribution in [3.8, 4) is 6.07 Å². The summed E-state index contributed by atoms with van der Waals surface area (Å²) in [6.07, 6.45) is 0. The minimum Gasteiger partial charge on any atom is -0.505 e. The second kappa shape index (κ2) is 6.89. The Kier molecular flexibility index (Phi) is 4.66. The molecule has 0 saturated heterocycles. The topological polar surface area (TPSA) is 94.4 Å². The molecule has 2 aromatic carbocycles. The molecular weight excluding hydrogens is 359 g/mol. The van der Waals surface area contributed by atoms with E-state index in [0.29, 0.717) is 26.7 Å². The molecule has 0 bridgehead atoms. The molecule has 0 fully saturated rings. The number of nitrogens with zero attached hydrogens (tertiary/aromatic N) is 2. The van der Waals surface area contributed by atoms with E-state index in [4.69, 9.17) is 28.9 Å². The summed E-state index contributed by atoms with van der Waals surface area (Å²) in [6, 6.07) is 15.6. The van der Waals surface area contributed by atoms with Crippen molar-refractivity contribution in [1.29, 1.82) is 5.26 Å². The van der Waals surface area contributed by atoms with Gasteiger partial charge in [-0.05, 0) is 35.4 Å². The zero-order valence-corrected chi connectivity index (χ0v) is 14.3. The number of aliphatic hydroxyl groups excluding tert-OH is 1. The van der Waals surface area contributed by atoms with Crippen molar-refractivity contribution >= 4 is 40.2 Å². The Bertz CT molecular complexity index is 952. The van der Waals surface area contributed by atoms with Crippen LogP contribution in [-0.2, 0) is 0 Å². The zero-order valence-electron chi connectivity index (χ0n) is 12.8. The average molecular weight is 371 g/mol. The fraction of sp³-hybridized carbons (Fsp3) is 0. The summed E-state index contributed by atoms with van der Waals surface area (Å²) in [5.41, 5.74) is 10.5. The highest BCUT2D eigenvalue weighted by molar-refractivity contribution is 6.31. The fourth-order valence-corrected chi connectivity index (χ4v) is 2.68. The molecule has 0 aromatic heterocycles. The second-order valence-corrected chi connectivity index (χ2v) is 6.08. The molecule has 1 heterocycles. The molecule has 0 spiro atoms. The van der Waals surface area contributed by atoms with Gasteiger partial charge in [0.15, 0.2) is 11.6 Å². The van der Waals surface area contributed by atoms with Gasteiger partial charge in [0.25, 0.3) is 0 Å². The van der Waals surface area contributed by atoms with Gasteiger partial charge in [-0.25, -0.2) is 0 Å². The summed E-state index contributed by atoms with van der Waals surface area (Å²) < 4.78 is 0. The molecule has 0 amide bonds. The van der Waals surface area contributed by atoms with E-state index in [1.807, 2.05) is 0 Å². The van der Waals surface area contributed by atoms with Gasteiger partial charge in [-0.15, -0.1) is 0 Å². The maximum Gasteiger partial charge on any atom is 0.155 e. The third-order valence-electron chi connectivity index (χ3n) is 3.65. The van der Waals surface area contributed by atoms with E-state index >= 15 is 0 Å². The standard InChI is InChI=1S/C18H12Cl2N4O/c19-12-5-1-10(2-6-12)14(9-21)16-17(25)15(18(22)24-23-16)11-3-7-13(20)8-4-11/h1-8,23,25H,(H2,22,24)/b16-14-. The monoisotopic (exact) mass is 370 g/mol. The first-order valence-electron chi connectivity index (χ1n) is 7.20. The van der Waals surface area contributed by atoms with Crippen LogP contribution in [0.4, 0.5) is 0 Å². The highest BCUT2D eigenvalue weighted by atomic mass is 35.5. The predicted octanol–water partition coefficient (Wildman–Crippen LogP) is 4.07. The molecular formula is C18H12Cl2N4O. The van der Waals surface area contributed by atoms with E-state index in [2.05, 4.69) is 16.6 Å². The average Bonchev–Trinajstić information content (AvgIpc) is 2.60. The first-order chi connectivity index (χ1) is 12.0. The quantitative estimate of drug-likeness (QED) is 0.694. The molecule has 3 rings (SSSR count). The van der Waals surface area contributed by atoms with Crippen LogP contribution in [0.3, 0.4) is 0 Å². The normalized spacial score (nSPS) is 16.0. The van der Waals surface area contributed by atoms with Crippen molar-refractivity contribution in [1.82, 2.24) is 5.43 Å². The summed E-state index contributed by atoms with van der Waals surface area (Å²) in [7, 11) is 0. The maximum atomic E-state index is 10.7. The molecule has 0 saturated carbocycles. The van der Waals surface area contributed by atoms with Gasteiger partial charge in [0.05, 0.1) is 11.1 Å². The van der Waals surface area contributed by atoms with Crippen LogP contribution in [0.2, 0.25) is 10.0 Å². The Hall–Kier alpha value is -2.94. The number of amidine groups is 1. The SMILES string of the molecule is N#C/C(=C1/NN=C(N)C(c2ccc(Cl)cc2)=C1O)c1ccc(Cl)cc1. The number of hydrazone groups is 1. The van der Waals surface area contributed by atoms with E-state index in [1.165, 1.54) is 0 Å². The second-order valence-electron chi connectivity index (χ2n) is 5.21. The number of halogens is 2. The number of benzene rings is 2. The van der Waals surface area contributed by atoms with Crippen molar-refractivity contribution in [2.24, 2.45) is 10.8 Å². The summed E-state index contributed by atoms with van der Waals surface area (Å²) in [4.78, 5) is 0. The largest absolute Gasteiger partial charge is 0.505 e. The zero-order chi connectivity index (χ0) is 18.0. The number of nitrogens with one attached hydrogen (secondary N) is 1. The third kappa shape index (κ3) is 3.31. The van der Waals surface area contributed by atoms with Crippen LogP contribution < -0.4 is 11.2 Å². The highest BCUT2D eigenvalue weighted by Crippen LogP contribution is 2.30. The summed E-state index contributed by atoms with van der Waals surface area (Å²) in [5.74, 6) is -0.0571. The van der Waals surface area contributed by atoms with Gasteiger partial charge in [0, 0.05) is 10.0 Å². The Morgan fingerprint density at radius 3 is 2.16 bits per heavy atom. The molecule has 1 aliphatic rings. The van der Waals surface area contributed by atoms with E-state index in [0.717, 1.165) is 0 Å². The molecule has 4 N–H and O–H groups in total. The summed E-state index contributed by atoms with van der Waals surface area (Å²) >= 11 is 11.8. The Morgan fingerprint density at radius 2 is 1.60 bits per heavy atom. The number of nitrogens with two attached hydrogens (primary N) is 1. The fourth-order valence-electron chi connectivity index (χ4n) is 2.43. The van der Waals surface area contributed by atoms with Gasteiger partial charge in [-0.1, -0.05) is 47.5 Å². The van der Waals surface area contributed by atoms with Gasteiger partial charge < -0.3 is 10.8 Å². The van der Waals surface area contributed by atoms with Crippen molar-refractivity contribution in [3.05, 3.63) is 81.2 Å². The van der Waals surface area contributed by atoms with Crippen LogP contribution >= 0.6 is 23.2 Å². The van der Waals surface area contributed by atoms with Gasteiger partial charge in [-0.3, -0.25) is 5.43 Å². The van der Waals surface area contributed by atoms with Crippen LogP contribution in [0.5, 0.6) is 0 Å². The van der Waals surface area contributed by atoms with E-state index in [9.17, 15) is 10.4 Å². The number of rotatable bonds is 2.